The molecule has 18 heavy (non-hydrogen) atoms. The number of unbranched alkanes of at least 4 members (excludes halogenated alkanes) is 1. The van der Waals surface area contributed by atoms with E-state index in [9.17, 15) is 0 Å². The Kier molecular flexibility index (Phi) is 11.4. The van der Waals surface area contributed by atoms with E-state index in [1.807, 2.05) is 6.92 Å². The maximum absolute atomic E-state index is 5.21. The average Bonchev–Trinajstić information content (AvgIpc) is 2.40. The number of hydrogen-bond acceptors (Lipinski definition) is 2. The van der Waals surface area contributed by atoms with Gasteiger partial charge in [-0.05, 0) is 39.4 Å². The van der Waals surface area contributed by atoms with Gasteiger partial charge in [0, 0.05) is 13.1 Å². The fraction of sp³-hybridized carbons (Fsp3) is 0.786. The fourth-order valence-corrected chi connectivity index (χ4v) is 1.65. The third-order valence-corrected chi connectivity index (χ3v) is 2.75. The monoisotopic (exact) mass is 252 g/mol. The zero-order valence-corrected chi connectivity index (χ0v) is 12.1. The number of rotatable bonds is 9. The fourth-order valence-electron chi connectivity index (χ4n) is 1.65. The lowest BCUT2D eigenvalue weighted by Crippen LogP contribution is -2.37. The van der Waals surface area contributed by atoms with Crippen LogP contribution in [0.25, 0.3) is 0 Å². The zero-order chi connectivity index (χ0) is 13.6. The first-order chi connectivity index (χ1) is 8.78. The molecule has 0 aliphatic heterocycles. The molecule has 0 aliphatic carbocycles. The summed E-state index contributed by atoms with van der Waals surface area (Å²) in [5.74, 6) is 3.37. The third-order valence-electron chi connectivity index (χ3n) is 2.75. The highest BCUT2D eigenvalue weighted by atomic mass is 15.2. The van der Waals surface area contributed by atoms with Crippen LogP contribution in [0.15, 0.2) is 4.99 Å². The molecule has 0 atom stereocenters. The molecule has 2 N–H and O–H groups in total. The van der Waals surface area contributed by atoms with Gasteiger partial charge < -0.3 is 15.5 Å². The summed E-state index contributed by atoms with van der Waals surface area (Å²) >= 11 is 0. The van der Waals surface area contributed by atoms with Gasteiger partial charge in [0.1, 0.15) is 0 Å². The molecule has 0 amide bonds. The molecule has 0 aliphatic rings. The summed E-state index contributed by atoms with van der Waals surface area (Å²) in [5.41, 5.74) is 0. The van der Waals surface area contributed by atoms with Gasteiger partial charge in [0.25, 0.3) is 0 Å². The van der Waals surface area contributed by atoms with Crippen LogP contribution in [0.3, 0.4) is 0 Å². The van der Waals surface area contributed by atoms with Gasteiger partial charge in [0.15, 0.2) is 5.96 Å². The quantitative estimate of drug-likeness (QED) is 0.281. The summed E-state index contributed by atoms with van der Waals surface area (Å²) < 4.78 is 0. The minimum Gasteiger partial charge on any atom is -0.357 e. The van der Waals surface area contributed by atoms with Crippen LogP contribution in [-0.2, 0) is 0 Å². The first kappa shape index (κ1) is 16.8. The van der Waals surface area contributed by atoms with E-state index in [1.165, 1.54) is 6.42 Å². The summed E-state index contributed by atoms with van der Waals surface area (Å²) in [6.45, 7) is 12.1. The summed E-state index contributed by atoms with van der Waals surface area (Å²) in [6, 6.07) is 0. The molecule has 0 fully saturated rings. The number of nitrogens with one attached hydrogen (secondary N) is 2. The number of terminal acetylenes is 1. The highest BCUT2D eigenvalue weighted by Crippen LogP contribution is 1.95. The van der Waals surface area contributed by atoms with Crippen LogP contribution in [0.2, 0.25) is 0 Å². The molecule has 0 unspecified atom stereocenters. The Morgan fingerprint density at radius 3 is 2.44 bits per heavy atom. The third kappa shape index (κ3) is 8.89. The normalized spacial score (nSPS) is 11.4. The van der Waals surface area contributed by atoms with Crippen molar-refractivity contribution < 1.29 is 0 Å². The van der Waals surface area contributed by atoms with Crippen molar-refractivity contribution >= 4 is 5.96 Å². The lowest BCUT2D eigenvalue weighted by Gasteiger charge is -2.17. The summed E-state index contributed by atoms with van der Waals surface area (Å²) in [4.78, 5) is 6.92. The highest BCUT2D eigenvalue weighted by Gasteiger charge is 1.98. The van der Waals surface area contributed by atoms with Crippen LogP contribution in [-0.4, -0.2) is 50.1 Å². The molecule has 0 aromatic rings. The Hall–Kier alpha value is -1.21. The van der Waals surface area contributed by atoms with Crippen molar-refractivity contribution in [2.24, 2.45) is 4.99 Å². The van der Waals surface area contributed by atoms with E-state index >= 15 is 0 Å². The Labute approximate surface area is 112 Å². The lowest BCUT2D eigenvalue weighted by atomic mass is 10.3. The summed E-state index contributed by atoms with van der Waals surface area (Å²) in [6.07, 6.45) is 7.52. The Balaban J connectivity index is 3.78. The molecular formula is C14H28N4. The zero-order valence-electron chi connectivity index (χ0n) is 12.1. The largest absolute Gasteiger partial charge is 0.357 e. The van der Waals surface area contributed by atoms with E-state index in [1.54, 1.807) is 0 Å². The molecule has 0 rings (SSSR count). The number of hydrogen-bond donors (Lipinski definition) is 2. The van der Waals surface area contributed by atoms with Crippen LogP contribution < -0.4 is 10.6 Å². The molecule has 0 spiro atoms. The van der Waals surface area contributed by atoms with Crippen molar-refractivity contribution in [1.82, 2.24) is 15.5 Å². The molecule has 0 radical (unpaired) electrons. The molecule has 0 saturated carbocycles. The van der Waals surface area contributed by atoms with Crippen molar-refractivity contribution in [3.05, 3.63) is 0 Å². The van der Waals surface area contributed by atoms with E-state index in [2.05, 4.69) is 40.3 Å². The van der Waals surface area contributed by atoms with Gasteiger partial charge >= 0.3 is 0 Å². The maximum atomic E-state index is 5.21. The van der Waals surface area contributed by atoms with Crippen molar-refractivity contribution in [3.63, 3.8) is 0 Å². The number of guanidine groups is 1. The second kappa shape index (κ2) is 12.3. The smallest absolute Gasteiger partial charge is 0.192 e. The Bertz CT molecular complexity index is 251. The average molecular weight is 252 g/mol. The molecule has 4 heteroatoms. The standard InChI is InChI=1S/C14H28N4/c1-5-11-16-14(15-6-2)17-12-9-10-13-18(7-3)8-4/h1H,6-13H2,2-4H3,(H2,15,16,17). The molecule has 0 aromatic carbocycles. The highest BCUT2D eigenvalue weighted by molar-refractivity contribution is 5.79. The molecule has 0 aromatic heterocycles. The second-order valence-electron chi connectivity index (χ2n) is 4.05. The Morgan fingerprint density at radius 1 is 1.17 bits per heavy atom. The minimum absolute atomic E-state index is 0.519. The van der Waals surface area contributed by atoms with E-state index in [0.717, 1.165) is 45.1 Å². The maximum Gasteiger partial charge on any atom is 0.192 e. The first-order valence-corrected chi connectivity index (χ1v) is 6.96. The molecule has 4 nitrogen and oxygen atoms in total. The number of nitrogens with zero attached hydrogens (tertiary/aromatic N) is 2. The first-order valence-electron chi connectivity index (χ1n) is 6.96. The van der Waals surface area contributed by atoms with Crippen LogP contribution >= 0.6 is 0 Å². The topological polar surface area (TPSA) is 39.7 Å². The molecule has 0 saturated heterocycles. The van der Waals surface area contributed by atoms with E-state index in [-0.39, 0.29) is 0 Å². The number of aliphatic imine (C=N–C) groups is 1. The van der Waals surface area contributed by atoms with Gasteiger partial charge in [-0.25, -0.2) is 0 Å². The van der Waals surface area contributed by atoms with Crippen molar-refractivity contribution in [2.75, 3.05) is 39.3 Å². The Morgan fingerprint density at radius 2 is 1.89 bits per heavy atom. The summed E-state index contributed by atoms with van der Waals surface area (Å²) in [7, 11) is 0. The van der Waals surface area contributed by atoms with Crippen LogP contribution in [0.1, 0.15) is 33.6 Å². The van der Waals surface area contributed by atoms with Crippen molar-refractivity contribution in [3.8, 4) is 12.3 Å². The van der Waals surface area contributed by atoms with Crippen molar-refractivity contribution in [1.29, 1.82) is 0 Å². The van der Waals surface area contributed by atoms with E-state index in [4.69, 9.17) is 6.42 Å². The van der Waals surface area contributed by atoms with Gasteiger partial charge in [-0.2, -0.15) is 0 Å². The second-order valence-corrected chi connectivity index (χ2v) is 4.05. The van der Waals surface area contributed by atoms with E-state index in [0.29, 0.717) is 6.54 Å². The van der Waals surface area contributed by atoms with Gasteiger partial charge in [-0.3, -0.25) is 4.99 Å². The van der Waals surface area contributed by atoms with Crippen LogP contribution in [0.5, 0.6) is 0 Å². The SMILES string of the molecule is C#CCNC(=NCCCCN(CC)CC)NCC. The van der Waals surface area contributed by atoms with Crippen LogP contribution in [0.4, 0.5) is 0 Å². The predicted octanol–water partition coefficient (Wildman–Crippen LogP) is 1.30. The molecule has 104 valence electrons. The van der Waals surface area contributed by atoms with Gasteiger partial charge in [0.2, 0.25) is 0 Å². The predicted molar refractivity (Wildman–Crippen MR) is 79.8 cm³/mol. The minimum atomic E-state index is 0.519. The lowest BCUT2D eigenvalue weighted by molar-refractivity contribution is 0.297. The van der Waals surface area contributed by atoms with Crippen LogP contribution in [0, 0.1) is 12.3 Å². The van der Waals surface area contributed by atoms with E-state index < -0.39 is 0 Å². The van der Waals surface area contributed by atoms with Gasteiger partial charge in [-0.1, -0.05) is 19.8 Å². The van der Waals surface area contributed by atoms with Gasteiger partial charge in [0.05, 0.1) is 6.54 Å². The summed E-state index contributed by atoms with van der Waals surface area (Å²) in [5, 5.41) is 6.26. The molecule has 0 heterocycles. The molecule has 0 bridgehead atoms. The molecular weight excluding hydrogens is 224 g/mol. The van der Waals surface area contributed by atoms with Gasteiger partial charge in [-0.15, -0.1) is 6.42 Å². The van der Waals surface area contributed by atoms with Crippen molar-refractivity contribution in [2.45, 2.75) is 33.6 Å².